The largest absolute Gasteiger partial charge is 0.391 e. The summed E-state index contributed by atoms with van der Waals surface area (Å²) in [5.41, 5.74) is 5.42. The number of terminal acetylenes is 1. The van der Waals surface area contributed by atoms with E-state index in [-0.39, 0.29) is 18.9 Å². The van der Waals surface area contributed by atoms with Crippen molar-refractivity contribution in [2.75, 3.05) is 6.54 Å². The zero-order valence-corrected chi connectivity index (χ0v) is 7.79. The molecule has 2 atom stereocenters. The van der Waals surface area contributed by atoms with Gasteiger partial charge in [0, 0.05) is 13.0 Å². The first-order chi connectivity index (χ1) is 6.11. The lowest BCUT2D eigenvalue weighted by Crippen LogP contribution is -2.43. The van der Waals surface area contributed by atoms with Gasteiger partial charge in [-0.05, 0) is 6.42 Å². The van der Waals surface area contributed by atoms with Crippen LogP contribution in [0.3, 0.4) is 0 Å². The summed E-state index contributed by atoms with van der Waals surface area (Å²) in [6, 6.07) is -0.672. The van der Waals surface area contributed by atoms with Gasteiger partial charge in [-0.2, -0.15) is 0 Å². The van der Waals surface area contributed by atoms with Gasteiger partial charge in [0.2, 0.25) is 5.91 Å². The fraction of sp³-hybridized carbons (Fsp3) is 0.667. The molecule has 0 saturated carbocycles. The molecular weight excluding hydrogens is 168 g/mol. The molecule has 0 radical (unpaired) electrons. The van der Waals surface area contributed by atoms with Crippen molar-refractivity contribution in [2.24, 2.45) is 5.73 Å². The van der Waals surface area contributed by atoms with Gasteiger partial charge in [0.05, 0.1) is 12.1 Å². The highest BCUT2D eigenvalue weighted by Gasteiger charge is 2.12. The monoisotopic (exact) mass is 184 g/mol. The molecular formula is C9H16N2O2. The Bertz CT molecular complexity index is 198. The summed E-state index contributed by atoms with van der Waals surface area (Å²) in [5.74, 6) is 1.99. The zero-order chi connectivity index (χ0) is 10.3. The van der Waals surface area contributed by atoms with E-state index in [0.717, 1.165) is 0 Å². The Morgan fingerprint density at radius 3 is 2.85 bits per heavy atom. The van der Waals surface area contributed by atoms with Crippen LogP contribution >= 0.6 is 0 Å². The Hall–Kier alpha value is -1.05. The van der Waals surface area contributed by atoms with Crippen molar-refractivity contribution < 1.29 is 9.90 Å². The summed E-state index contributed by atoms with van der Waals surface area (Å²) in [7, 11) is 0. The highest BCUT2D eigenvalue weighted by molar-refractivity contribution is 5.81. The second kappa shape index (κ2) is 6.46. The number of hydrogen-bond acceptors (Lipinski definition) is 3. The first kappa shape index (κ1) is 11.9. The molecule has 2 unspecified atom stereocenters. The topological polar surface area (TPSA) is 75.4 Å². The van der Waals surface area contributed by atoms with Crippen LogP contribution in [-0.4, -0.2) is 29.7 Å². The van der Waals surface area contributed by atoms with E-state index >= 15 is 0 Å². The first-order valence-corrected chi connectivity index (χ1v) is 4.26. The molecule has 74 valence electrons. The van der Waals surface area contributed by atoms with Crippen LogP contribution in [0.15, 0.2) is 0 Å². The number of hydrogen-bond donors (Lipinski definition) is 3. The van der Waals surface area contributed by atoms with Crippen molar-refractivity contribution in [1.82, 2.24) is 5.32 Å². The van der Waals surface area contributed by atoms with E-state index in [1.165, 1.54) is 0 Å². The Kier molecular flexibility index (Phi) is 5.94. The quantitative estimate of drug-likeness (QED) is 0.491. The number of aliphatic hydroxyl groups excluding tert-OH is 1. The summed E-state index contributed by atoms with van der Waals surface area (Å²) in [4.78, 5) is 11.1. The lowest BCUT2D eigenvalue weighted by atomic mass is 10.2. The van der Waals surface area contributed by atoms with Crippen molar-refractivity contribution >= 4 is 5.91 Å². The van der Waals surface area contributed by atoms with Crippen LogP contribution in [0.1, 0.15) is 19.8 Å². The smallest absolute Gasteiger partial charge is 0.237 e. The normalized spacial score (nSPS) is 14.3. The van der Waals surface area contributed by atoms with Gasteiger partial charge >= 0.3 is 0 Å². The highest BCUT2D eigenvalue weighted by atomic mass is 16.3. The molecule has 4 nitrogen and oxygen atoms in total. The van der Waals surface area contributed by atoms with E-state index in [2.05, 4.69) is 11.2 Å². The molecule has 0 aliphatic carbocycles. The maximum Gasteiger partial charge on any atom is 0.237 e. The van der Waals surface area contributed by atoms with Crippen LogP contribution in [0.25, 0.3) is 0 Å². The summed E-state index contributed by atoms with van der Waals surface area (Å²) >= 11 is 0. The minimum atomic E-state index is -0.672. The summed E-state index contributed by atoms with van der Waals surface area (Å²) in [5, 5.41) is 11.6. The number of carbonyl (C=O) groups excluding carboxylic acids is 1. The zero-order valence-electron chi connectivity index (χ0n) is 7.79. The van der Waals surface area contributed by atoms with E-state index in [1.54, 1.807) is 0 Å². The van der Waals surface area contributed by atoms with Gasteiger partial charge in [0.1, 0.15) is 0 Å². The van der Waals surface area contributed by atoms with Crippen LogP contribution in [0.4, 0.5) is 0 Å². The van der Waals surface area contributed by atoms with Crippen molar-refractivity contribution in [3.8, 4) is 12.3 Å². The average molecular weight is 184 g/mol. The van der Waals surface area contributed by atoms with Crippen LogP contribution in [0, 0.1) is 12.3 Å². The van der Waals surface area contributed by atoms with E-state index in [0.29, 0.717) is 6.42 Å². The Balaban J connectivity index is 3.69. The molecule has 0 aromatic rings. The molecule has 0 aromatic heterocycles. The third-order valence-electron chi connectivity index (χ3n) is 1.66. The SMILES string of the molecule is C#CCC(N)C(=O)NCC(O)CC. The molecule has 0 heterocycles. The van der Waals surface area contributed by atoms with E-state index in [1.807, 2.05) is 6.92 Å². The number of rotatable bonds is 5. The lowest BCUT2D eigenvalue weighted by Gasteiger charge is -2.12. The third kappa shape index (κ3) is 5.23. The molecule has 4 N–H and O–H groups in total. The number of aliphatic hydroxyl groups is 1. The molecule has 0 aliphatic heterocycles. The van der Waals surface area contributed by atoms with E-state index in [9.17, 15) is 4.79 Å². The van der Waals surface area contributed by atoms with Gasteiger partial charge in [-0.15, -0.1) is 12.3 Å². The first-order valence-electron chi connectivity index (χ1n) is 4.26. The van der Waals surface area contributed by atoms with Gasteiger partial charge in [-0.3, -0.25) is 4.79 Å². The Morgan fingerprint density at radius 1 is 1.77 bits per heavy atom. The Morgan fingerprint density at radius 2 is 2.38 bits per heavy atom. The van der Waals surface area contributed by atoms with Gasteiger partial charge in [-0.1, -0.05) is 6.92 Å². The fourth-order valence-corrected chi connectivity index (χ4v) is 0.714. The van der Waals surface area contributed by atoms with E-state index in [4.69, 9.17) is 17.3 Å². The summed E-state index contributed by atoms with van der Waals surface area (Å²) in [6.45, 7) is 2.06. The maximum atomic E-state index is 11.1. The molecule has 0 aliphatic rings. The number of nitrogens with one attached hydrogen (secondary N) is 1. The molecule has 0 bridgehead atoms. The molecule has 4 heteroatoms. The summed E-state index contributed by atoms with van der Waals surface area (Å²) < 4.78 is 0. The van der Waals surface area contributed by atoms with E-state index < -0.39 is 12.1 Å². The molecule has 0 aromatic carbocycles. The second-order valence-corrected chi connectivity index (χ2v) is 2.82. The number of nitrogens with two attached hydrogens (primary N) is 1. The molecule has 13 heavy (non-hydrogen) atoms. The molecule has 0 fully saturated rings. The average Bonchev–Trinajstić information content (AvgIpc) is 2.13. The van der Waals surface area contributed by atoms with Crippen molar-refractivity contribution in [2.45, 2.75) is 31.9 Å². The van der Waals surface area contributed by atoms with Crippen LogP contribution in [0.2, 0.25) is 0 Å². The van der Waals surface area contributed by atoms with Gasteiger partial charge in [0.25, 0.3) is 0 Å². The molecule has 0 saturated heterocycles. The van der Waals surface area contributed by atoms with Crippen LogP contribution in [-0.2, 0) is 4.79 Å². The van der Waals surface area contributed by atoms with Gasteiger partial charge in [0.15, 0.2) is 0 Å². The van der Waals surface area contributed by atoms with Crippen LogP contribution < -0.4 is 11.1 Å². The lowest BCUT2D eigenvalue weighted by molar-refractivity contribution is -0.122. The van der Waals surface area contributed by atoms with Gasteiger partial charge in [-0.25, -0.2) is 0 Å². The fourth-order valence-electron chi connectivity index (χ4n) is 0.714. The standard InChI is InChI=1S/C9H16N2O2/c1-3-5-8(10)9(13)11-6-7(12)4-2/h1,7-8,12H,4-6,10H2,2H3,(H,11,13). The van der Waals surface area contributed by atoms with Crippen molar-refractivity contribution in [1.29, 1.82) is 0 Å². The number of carbonyl (C=O) groups is 1. The predicted octanol–water partition coefficient (Wildman–Crippen LogP) is -0.776. The molecule has 0 spiro atoms. The Labute approximate surface area is 78.5 Å². The second-order valence-electron chi connectivity index (χ2n) is 2.82. The van der Waals surface area contributed by atoms with Gasteiger partial charge < -0.3 is 16.2 Å². The predicted molar refractivity (Wildman–Crippen MR) is 50.7 cm³/mol. The highest BCUT2D eigenvalue weighted by Crippen LogP contribution is 1.89. The van der Waals surface area contributed by atoms with Crippen molar-refractivity contribution in [3.63, 3.8) is 0 Å². The summed E-state index contributed by atoms with van der Waals surface area (Å²) in [6.07, 6.45) is 5.30. The number of amides is 1. The maximum absolute atomic E-state index is 11.1. The van der Waals surface area contributed by atoms with Crippen LogP contribution in [0.5, 0.6) is 0 Å². The van der Waals surface area contributed by atoms with Crippen molar-refractivity contribution in [3.05, 3.63) is 0 Å². The third-order valence-corrected chi connectivity index (χ3v) is 1.66. The minimum Gasteiger partial charge on any atom is -0.391 e. The molecule has 0 rings (SSSR count). The molecule has 1 amide bonds. The minimum absolute atomic E-state index is 0.216.